The number of benzene rings is 1. The minimum absolute atomic E-state index is 0.951. The lowest BCUT2D eigenvalue weighted by Gasteiger charge is -2.04. The molecule has 0 saturated heterocycles. The lowest BCUT2D eigenvalue weighted by atomic mass is 10.0. The number of ether oxygens (including phenoxy) is 1. The Labute approximate surface area is 126 Å². The van der Waals surface area contributed by atoms with Crippen molar-refractivity contribution in [1.82, 2.24) is 0 Å². The van der Waals surface area contributed by atoms with Gasteiger partial charge in [-0.25, -0.2) is 0 Å². The first-order valence-corrected chi connectivity index (χ1v) is 8.68. The zero-order valence-electron chi connectivity index (χ0n) is 12.2. The van der Waals surface area contributed by atoms with Crippen LogP contribution in [0.5, 0.6) is 5.75 Å². The summed E-state index contributed by atoms with van der Waals surface area (Å²) in [5.41, 5.74) is 1.43. The van der Waals surface area contributed by atoms with Crippen molar-refractivity contribution < 1.29 is 4.74 Å². The highest BCUT2D eigenvalue weighted by Crippen LogP contribution is 2.15. The number of alkyl halides is 1. The van der Waals surface area contributed by atoms with E-state index in [9.17, 15) is 0 Å². The molecule has 0 atom stereocenters. The second-order valence-corrected chi connectivity index (χ2v) is 5.91. The Bertz CT molecular complexity index is 308. The van der Waals surface area contributed by atoms with Crippen LogP contribution in [-0.2, 0) is 6.42 Å². The molecule has 1 aromatic rings. The third kappa shape index (κ3) is 8.30. The molecule has 1 rings (SSSR count). The molecule has 0 unspecified atom stereocenters. The summed E-state index contributed by atoms with van der Waals surface area (Å²) >= 11 is 3.48. The van der Waals surface area contributed by atoms with Crippen LogP contribution >= 0.6 is 15.9 Å². The molecule has 0 bridgehead atoms. The maximum absolute atomic E-state index is 5.16. The molecule has 0 fully saturated rings. The van der Waals surface area contributed by atoms with Gasteiger partial charge in [-0.1, -0.05) is 66.6 Å². The molecule has 2 heteroatoms. The SMILES string of the molecule is COc1ccc(CCCCCCCCCCBr)cc1. The van der Waals surface area contributed by atoms with Gasteiger partial charge in [-0.05, 0) is 37.0 Å². The van der Waals surface area contributed by atoms with E-state index in [1.807, 2.05) is 0 Å². The second kappa shape index (κ2) is 11.3. The number of halogens is 1. The zero-order valence-corrected chi connectivity index (χ0v) is 13.8. The summed E-state index contributed by atoms with van der Waals surface area (Å²) in [4.78, 5) is 0. The molecule has 1 aromatic carbocycles. The van der Waals surface area contributed by atoms with Crippen LogP contribution in [0.25, 0.3) is 0 Å². The molecule has 19 heavy (non-hydrogen) atoms. The second-order valence-electron chi connectivity index (χ2n) is 5.12. The lowest BCUT2D eigenvalue weighted by Crippen LogP contribution is -1.88. The van der Waals surface area contributed by atoms with Crippen molar-refractivity contribution in [3.05, 3.63) is 29.8 Å². The van der Waals surface area contributed by atoms with Crippen molar-refractivity contribution in [3.63, 3.8) is 0 Å². The molecule has 0 amide bonds. The molecule has 108 valence electrons. The summed E-state index contributed by atoms with van der Waals surface area (Å²) in [6, 6.07) is 8.47. The first kappa shape index (κ1) is 16.6. The largest absolute Gasteiger partial charge is 0.497 e. The maximum atomic E-state index is 5.16. The van der Waals surface area contributed by atoms with Crippen LogP contribution in [0.1, 0.15) is 56.9 Å². The van der Waals surface area contributed by atoms with E-state index in [1.54, 1.807) is 7.11 Å². The number of unbranched alkanes of at least 4 members (excludes halogenated alkanes) is 7. The summed E-state index contributed by atoms with van der Waals surface area (Å²) in [5, 5.41) is 1.16. The number of hydrogen-bond acceptors (Lipinski definition) is 1. The average Bonchev–Trinajstić information content (AvgIpc) is 2.46. The molecule has 0 aliphatic rings. The minimum atomic E-state index is 0.951. The van der Waals surface area contributed by atoms with Crippen LogP contribution in [0.15, 0.2) is 24.3 Å². The Balaban J connectivity index is 1.95. The van der Waals surface area contributed by atoms with Gasteiger partial charge in [-0.15, -0.1) is 0 Å². The van der Waals surface area contributed by atoms with E-state index in [0.717, 1.165) is 11.1 Å². The topological polar surface area (TPSA) is 9.23 Å². The van der Waals surface area contributed by atoms with E-state index in [-0.39, 0.29) is 0 Å². The van der Waals surface area contributed by atoms with Crippen LogP contribution < -0.4 is 4.74 Å². The number of hydrogen-bond donors (Lipinski definition) is 0. The molecule has 0 aliphatic heterocycles. The number of rotatable bonds is 11. The van der Waals surface area contributed by atoms with Gasteiger partial charge in [0, 0.05) is 5.33 Å². The van der Waals surface area contributed by atoms with Gasteiger partial charge < -0.3 is 4.74 Å². The molecule has 0 aliphatic carbocycles. The summed E-state index contributed by atoms with van der Waals surface area (Å²) < 4.78 is 5.16. The van der Waals surface area contributed by atoms with Gasteiger partial charge in [0.1, 0.15) is 5.75 Å². The van der Waals surface area contributed by atoms with Crippen LogP contribution in [0.2, 0.25) is 0 Å². The van der Waals surface area contributed by atoms with E-state index in [4.69, 9.17) is 4.74 Å². The average molecular weight is 327 g/mol. The highest BCUT2D eigenvalue weighted by Gasteiger charge is 1.96. The molecule has 0 aromatic heterocycles. The number of methoxy groups -OCH3 is 1. The molecular weight excluding hydrogens is 300 g/mol. The van der Waals surface area contributed by atoms with E-state index in [0.29, 0.717) is 0 Å². The molecule has 0 N–H and O–H groups in total. The Kier molecular flexibility index (Phi) is 9.88. The molecule has 0 spiro atoms. The fraction of sp³-hybridized carbons (Fsp3) is 0.647. The van der Waals surface area contributed by atoms with Gasteiger partial charge in [-0.2, -0.15) is 0 Å². The highest BCUT2D eigenvalue weighted by atomic mass is 79.9. The first-order valence-electron chi connectivity index (χ1n) is 7.55. The fourth-order valence-electron chi connectivity index (χ4n) is 2.28. The maximum Gasteiger partial charge on any atom is 0.118 e. The Morgan fingerprint density at radius 3 is 1.84 bits per heavy atom. The summed E-state index contributed by atoms with van der Waals surface area (Å²) in [5.74, 6) is 0.951. The Hall–Kier alpha value is -0.500. The van der Waals surface area contributed by atoms with Crippen molar-refractivity contribution in [3.8, 4) is 5.75 Å². The molecule has 0 heterocycles. The van der Waals surface area contributed by atoms with Crippen LogP contribution in [-0.4, -0.2) is 12.4 Å². The van der Waals surface area contributed by atoms with E-state index in [2.05, 4.69) is 40.2 Å². The van der Waals surface area contributed by atoms with E-state index >= 15 is 0 Å². The van der Waals surface area contributed by atoms with E-state index in [1.165, 1.54) is 63.4 Å². The van der Waals surface area contributed by atoms with Gasteiger partial charge in [0.25, 0.3) is 0 Å². The third-order valence-electron chi connectivity index (χ3n) is 3.51. The Morgan fingerprint density at radius 2 is 1.32 bits per heavy atom. The third-order valence-corrected chi connectivity index (χ3v) is 4.07. The first-order chi connectivity index (χ1) is 9.36. The van der Waals surface area contributed by atoms with Crippen molar-refractivity contribution in [1.29, 1.82) is 0 Å². The molecular formula is C17H27BrO. The summed E-state index contributed by atoms with van der Waals surface area (Å²) in [6.07, 6.45) is 12.2. The van der Waals surface area contributed by atoms with Crippen molar-refractivity contribution in [2.24, 2.45) is 0 Å². The summed E-state index contributed by atoms with van der Waals surface area (Å²) in [6.45, 7) is 0. The standard InChI is InChI=1S/C17H27BrO/c1-19-17-13-11-16(12-14-17)10-8-6-4-2-3-5-7-9-15-18/h11-14H,2-10,15H2,1H3. The molecule has 0 saturated carbocycles. The summed E-state index contributed by atoms with van der Waals surface area (Å²) in [7, 11) is 1.72. The Morgan fingerprint density at radius 1 is 0.789 bits per heavy atom. The zero-order chi connectivity index (χ0) is 13.8. The molecule has 1 nitrogen and oxygen atoms in total. The van der Waals surface area contributed by atoms with Gasteiger partial charge in [0.05, 0.1) is 7.11 Å². The molecule has 0 radical (unpaired) electrons. The lowest BCUT2D eigenvalue weighted by molar-refractivity contribution is 0.414. The quantitative estimate of drug-likeness (QED) is 0.371. The fourth-order valence-corrected chi connectivity index (χ4v) is 2.67. The number of aryl methyl sites for hydroxylation is 1. The van der Waals surface area contributed by atoms with Gasteiger partial charge in [0.2, 0.25) is 0 Å². The van der Waals surface area contributed by atoms with Crippen molar-refractivity contribution in [2.75, 3.05) is 12.4 Å². The monoisotopic (exact) mass is 326 g/mol. The van der Waals surface area contributed by atoms with Crippen LogP contribution in [0.4, 0.5) is 0 Å². The van der Waals surface area contributed by atoms with E-state index < -0.39 is 0 Å². The minimum Gasteiger partial charge on any atom is -0.497 e. The predicted octanol–water partition coefficient (Wildman–Crippen LogP) is 5.75. The van der Waals surface area contributed by atoms with Crippen LogP contribution in [0, 0.1) is 0 Å². The van der Waals surface area contributed by atoms with Gasteiger partial charge >= 0.3 is 0 Å². The smallest absolute Gasteiger partial charge is 0.118 e. The predicted molar refractivity (Wildman–Crippen MR) is 87.4 cm³/mol. The van der Waals surface area contributed by atoms with Crippen LogP contribution in [0.3, 0.4) is 0 Å². The normalized spacial score (nSPS) is 10.6. The highest BCUT2D eigenvalue weighted by molar-refractivity contribution is 9.09. The van der Waals surface area contributed by atoms with Gasteiger partial charge in [0.15, 0.2) is 0 Å². The van der Waals surface area contributed by atoms with Crippen molar-refractivity contribution in [2.45, 2.75) is 57.8 Å². The van der Waals surface area contributed by atoms with Crippen molar-refractivity contribution >= 4 is 15.9 Å². The van der Waals surface area contributed by atoms with Gasteiger partial charge in [-0.3, -0.25) is 0 Å².